The first-order valence-corrected chi connectivity index (χ1v) is 7.46. The highest BCUT2D eigenvalue weighted by Crippen LogP contribution is 2.27. The van der Waals surface area contributed by atoms with Crippen LogP contribution >= 0.6 is 15.9 Å². The minimum absolute atomic E-state index is 0. The molecule has 0 aromatic carbocycles. The molecule has 2 N–H and O–H groups in total. The van der Waals surface area contributed by atoms with E-state index in [0.717, 1.165) is 9.86 Å². The second kappa shape index (κ2) is 7.21. The minimum Gasteiger partial charge on any atom is -1.00 e. The quantitative estimate of drug-likeness (QED) is 0.596. The van der Waals surface area contributed by atoms with E-state index in [1.165, 1.54) is 7.11 Å². The third-order valence-corrected chi connectivity index (χ3v) is 4.06. The number of ether oxygens (including phenoxy) is 2. The Morgan fingerprint density at radius 1 is 1.50 bits per heavy atom. The van der Waals surface area contributed by atoms with Gasteiger partial charge in [-0.2, -0.15) is 4.98 Å². The maximum atomic E-state index is 11.5. The minimum atomic E-state index is -0.215. The van der Waals surface area contributed by atoms with Gasteiger partial charge in [0.1, 0.15) is 6.54 Å². The molecule has 3 rings (SSSR count). The fourth-order valence-corrected chi connectivity index (χ4v) is 2.86. The van der Waals surface area contributed by atoms with Gasteiger partial charge in [0.15, 0.2) is 17.8 Å². The van der Waals surface area contributed by atoms with Crippen molar-refractivity contribution in [3.63, 3.8) is 0 Å². The summed E-state index contributed by atoms with van der Waals surface area (Å²) < 4.78 is 11.4. The average Bonchev–Trinajstić information content (AvgIpc) is 2.96. The maximum Gasteiger partial charge on any atom is 0.364 e. The molecule has 1 saturated heterocycles. The number of nitrogens with two attached hydrogens (primary N) is 1. The number of carbonyl (C=O) groups excluding carboxylic acids is 1. The number of pyridine rings is 2. The second-order valence-corrected chi connectivity index (χ2v) is 5.76. The van der Waals surface area contributed by atoms with Gasteiger partial charge in [-0.15, -0.1) is 0 Å². The number of fused-ring (bicyclic) bond motifs is 1. The molecule has 1 aliphatic rings. The van der Waals surface area contributed by atoms with E-state index in [1.807, 2.05) is 23.5 Å². The van der Waals surface area contributed by atoms with Crippen LogP contribution in [-0.2, 0) is 9.53 Å². The van der Waals surface area contributed by atoms with Gasteiger partial charge in [0.05, 0.1) is 18.0 Å². The number of methoxy groups -OCH3 is 1. The van der Waals surface area contributed by atoms with Crippen molar-refractivity contribution >= 4 is 32.9 Å². The number of aromatic nitrogens is 2. The van der Waals surface area contributed by atoms with Gasteiger partial charge in [0.2, 0.25) is 5.88 Å². The van der Waals surface area contributed by atoms with Gasteiger partial charge in [-0.3, -0.25) is 0 Å². The topological polar surface area (TPSA) is 77.9 Å². The van der Waals surface area contributed by atoms with E-state index in [0.29, 0.717) is 24.5 Å². The van der Waals surface area contributed by atoms with Crippen LogP contribution in [0.2, 0.25) is 0 Å². The van der Waals surface area contributed by atoms with Crippen molar-refractivity contribution in [2.75, 3.05) is 13.7 Å². The second-order valence-electron chi connectivity index (χ2n) is 4.90. The van der Waals surface area contributed by atoms with Crippen molar-refractivity contribution < 1.29 is 32.0 Å². The normalized spacial score (nSPS) is 20.5. The Labute approximate surface area is 142 Å². The van der Waals surface area contributed by atoms with E-state index >= 15 is 0 Å². The molecule has 3 heterocycles. The lowest BCUT2D eigenvalue weighted by molar-refractivity contribution is -0.660. The lowest BCUT2D eigenvalue weighted by Crippen LogP contribution is -3.00. The molecule has 1 aliphatic heterocycles. The molecular weight excluding hydrogens is 374 g/mol. The SMILES string of the molecule is COC(=O)[C@@H]1C[C@@H](Oc2nc3ncccc3cc2Br)C[NH2+]1.[Cl-]. The number of rotatable bonds is 3. The Bertz CT molecular complexity index is 685. The van der Waals surface area contributed by atoms with Crippen molar-refractivity contribution in [1.82, 2.24) is 9.97 Å². The fourth-order valence-electron chi connectivity index (χ4n) is 2.44. The van der Waals surface area contributed by atoms with Crippen molar-refractivity contribution in [3.05, 3.63) is 28.9 Å². The predicted molar refractivity (Wildman–Crippen MR) is 78.9 cm³/mol. The number of halogens is 2. The molecule has 0 unspecified atom stereocenters. The lowest BCUT2D eigenvalue weighted by atomic mass is 10.2. The molecule has 118 valence electrons. The van der Waals surface area contributed by atoms with E-state index in [4.69, 9.17) is 9.47 Å². The van der Waals surface area contributed by atoms with Gasteiger partial charge in [0, 0.05) is 11.6 Å². The Morgan fingerprint density at radius 2 is 2.32 bits per heavy atom. The van der Waals surface area contributed by atoms with E-state index in [2.05, 4.69) is 25.9 Å². The third kappa shape index (κ3) is 3.48. The summed E-state index contributed by atoms with van der Waals surface area (Å²) in [5, 5.41) is 2.88. The number of nitrogens with zero attached hydrogens (tertiary/aromatic N) is 2. The summed E-state index contributed by atoms with van der Waals surface area (Å²) in [7, 11) is 1.40. The van der Waals surface area contributed by atoms with Crippen LogP contribution < -0.4 is 22.5 Å². The number of hydrogen-bond donors (Lipinski definition) is 1. The molecule has 0 saturated carbocycles. The molecule has 0 bridgehead atoms. The number of esters is 1. The van der Waals surface area contributed by atoms with Crippen LogP contribution in [-0.4, -0.2) is 41.7 Å². The zero-order chi connectivity index (χ0) is 14.8. The summed E-state index contributed by atoms with van der Waals surface area (Å²) in [4.78, 5) is 20.1. The largest absolute Gasteiger partial charge is 1.00 e. The molecular formula is C14H15BrClN3O3. The number of carbonyl (C=O) groups is 1. The summed E-state index contributed by atoms with van der Waals surface area (Å²) in [6.45, 7) is 0.703. The molecule has 0 spiro atoms. The molecule has 0 radical (unpaired) electrons. The van der Waals surface area contributed by atoms with Gasteiger partial charge in [-0.05, 0) is 34.1 Å². The van der Waals surface area contributed by atoms with E-state index in [9.17, 15) is 4.79 Å². The van der Waals surface area contributed by atoms with Crippen LogP contribution in [0.4, 0.5) is 0 Å². The highest BCUT2D eigenvalue weighted by atomic mass is 79.9. The Balaban J connectivity index is 0.00000176. The van der Waals surface area contributed by atoms with Crippen LogP contribution in [0.25, 0.3) is 11.0 Å². The van der Waals surface area contributed by atoms with Crippen LogP contribution in [0.1, 0.15) is 6.42 Å². The third-order valence-electron chi connectivity index (χ3n) is 3.49. The molecule has 2 atom stereocenters. The van der Waals surface area contributed by atoms with Crippen LogP contribution in [0.3, 0.4) is 0 Å². The summed E-state index contributed by atoms with van der Waals surface area (Å²) >= 11 is 3.47. The molecule has 0 aliphatic carbocycles. The van der Waals surface area contributed by atoms with Gasteiger partial charge >= 0.3 is 5.97 Å². The monoisotopic (exact) mass is 387 g/mol. The van der Waals surface area contributed by atoms with Crippen molar-refractivity contribution in [2.45, 2.75) is 18.6 Å². The molecule has 8 heteroatoms. The first-order chi connectivity index (χ1) is 10.2. The zero-order valence-corrected chi connectivity index (χ0v) is 14.2. The van der Waals surface area contributed by atoms with Crippen molar-refractivity contribution in [2.24, 2.45) is 0 Å². The molecule has 22 heavy (non-hydrogen) atoms. The Morgan fingerprint density at radius 3 is 3.09 bits per heavy atom. The highest BCUT2D eigenvalue weighted by molar-refractivity contribution is 9.10. The fraction of sp³-hybridized carbons (Fsp3) is 0.357. The molecule has 2 aromatic heterocycles. The Kier molecular flexibility index (Phi) is 5.55. The summed E-state index contributed by atoms with van der Waals surface area (Å²) in [5.74, 6) is 0.290. The van der Waals surface area contributed by atoms with Crippen LogP contribution in [0.15, 0.2) is 28.9 Å². The maximum absolute atomic E-state index is 11.5. The first kappa shape index (κ1) is 16.9. The standard InChI is InChI=1S/C14H14BrN3O3.ClH/c1-20-14(19)11-6-9(7-17-11)21-13-10(15)5-8-3-2-4-16-12(8)18-13;/h2-5,9,11,17H,6-7H2,1H3;1H/t9-,11+;/m1./s1. The van der Waals surface area contributed by atoms with E-state index in [-0.39, 0.29) is 30.5 Å². The van der Waals surface area contributed by atoms with Crippen LogP contribution in [0, 0.1) is 0 Å². The average molecular weight is 389 g/mol. The van der Waals surface area contributed by atoms with Crippen molar-refractivity contribution in [1.29, 1.82) is 0 Å². The molecule has 2 aromatic rings. The number of quaternary nitrogens is 1. The number of hydrogen-bond acceptors (Lipinski definition) is 5. The highest BCUT2D eigenvalue weighted by Gasteiger charge is 2.36. The summed E-state index contributed by atoms with van der Waals surface area (Å²) in [6.07, 6.45) is 2.24. The molecule has 0 amide bonds. The predicted octanol–water partition coefficient (Wildman–Crippen LogP) is -2.35. The van der Waals surface area contributed by atoms with E-state index in [1.54, 1.807) is 6.20 Å². The van der Waals surface area contributed by atoms with Gasteiger partial charge < -0.3 is 27.2 Å². The molecule has 1 fully saturated rings. The van der Waals surface area contributed by atoms with E-state index < -0.39 is 0 Å². The lowest BCUT2D eigenvalue weighted by Gasteiger charge is -2.11. The van der Waals surface area contributed by atoms with Crippen molar-refractivity contribution in [3.8, 4) is 5.88 Å². The first-order valence-electron chi connectivity index (χ1n) is 6.66. The Hall–Kier alpha value is -1.44. The molecule has 6 nitrogen and oxygen atoms in total. The summed E-state index contributed by atoms with van der Waals surface area (Å²) in [5.41, 5.74) is 0.641. The summed E-state index contributed by atoms with van der Waals surface area (Å²) in [6, 6.07) is 5.54. The van der Waals surface area contributed by atoms with Crippen LogP contribution in [0.5, 0.6) is 5.88 Å². The van der Waals surface area contributed by atoms with Gasteiger partial charge in [0.25, 0.3) is 0 Å². The zero-order valence-electron chi connectivity index (χ0n) is 11.8. The van der Waals surface area contributed by atoms with Gasteiger partial charge in [-0.25, -0.2) is 9.78 Å². The smallest absolute Gasteiger partial charge is 0.364 e. The van der Waals surface area contributed by atoms with Gasteiger partial charge in [-0.1, -0.05) is 0 Å².